The van der Waals surface area contributed by atoms with E-state index in [-0.39, 0.29) is 380 Å². The topological polar surface area (TPSA) is 696 Å². The van der Waals surface area contributed by atoms with Crippen LogP contribution in [0, 0.1) is 0 Å². The van der Waals surface area contributed by atoms with Crippen LogP contribution in [0.3, 0.4) is 0 Å². The molecule has 0 unspecified atom stereocenters. The van der Waals surface area contributed by atoms with E-state index in [4.69, 9.17) is 47.4 Å². The van der Waals surface area contributed by atoms with Crippen LogP contribution < -0.4 is 392 Å². The van der Waals surface area contributed by atoms with Gasteiger partial charge in [0, 0.05) is 119 Å². The van der Waals surface area contributed by atoms with Gasteiger partial charge in [0.15, 0.2) is 0 Å². The molecular weight excluding hydrogens is 1840 g/mol. The Balaban J connectivity index is -0.00000403. The fourth-order valence-electron chi connectivity index (χ4n) is 9.68. The van der Waals surface area contributed by atoms with E-state index in [0.717, 1.165) is 60.7 Å². The first-order valence-electron chi connectivity index (χ1n) is 30.6. The molecule has 0 fully saturated rings. The number of hydrogen-bond donors (Lipinski definition) is 10. The molecule has 10 bridgehead atoms. The van der Waals surface area contributed by atoms with E-state index in [1.807, 2.05) is 0 Å². The van der Waals surface area contributed by atoms with Gasteiger partial charge < -0.3 is 168 Å². The Morgan fingerprint density at radius 2 is 0.278 bits per heavy atom. The van der Waals surface area contributed by atoms with Gasteiger partial charge in [-0.05, 0) is 60.7 Å². The first-order valence-corrected chi connectivity index (χ1v) is 48.2. The third-order valence-electron chi connectivity index (χ3n) is 14.4. The van der Waals surface area contributed by atoms with E-state index in [1.165, 1.54) is 0 Å². The largest absolute Gasteiger partial charge is 1.00 e. The van der Waals surface area contributed by atoms with Crippen LogP contribution in [0.25, 0.3) is 0 Å². The maximum absolute atomic E-state index is 12.3. The molecule has 0 aromatic heterocycles. The van der Waals surface area contributed by atoms with Crippen molar-refractivity contribution in [3.63, 3.8) is 0 Å². The zero-order valence-corrected chi connectivity index (χ0v) is 93.6. The van der Waals surface area contributed by atoms with Crippen molar-refractivity contribution in [2.75, 3.05) is 128 Å². The minimum absolute atomic E-state index is 0. The van der Waals surface area contributed by atoms with Crippen molar-refractivity contribution in [3.8, 4) is 57.5 Å². The van der Waals surface area contributed by atoms with Gasteiger partial charge >= 0.3 is 334 Å². The Kier molecular flexibility index (Phi) is 64.9. The van der Waals surface area contributed by atoms with Gasteiger partial charge in [-0.15, -0.1) is 0 Å². The molecule has 5 aromatic carbocycles. The Morgan fingerprint density at radius 3 is 0.357 bits per heavy atom. The smallest absolute Gasteiger partial charge is 0.811 e. The summed E-state index contributed by atoms with van der Waals surface area (Å²) in [5.74, 6) is -3.84. The maximum atomic E-state index is 12.3. The summed E-state index contributed by atoms with van der Waals surface area (Å²) < 4.78 is 182. The molecule has 115 heavy (non-hydrogen) atoms. The van der Waals surface area contributed by atoms with Crippen molar-refractivity contribution in [1.82, 2.24) is 0 Å². The first kappa shape index (κ1) is 129. The molecule has 15 rings (SSSR count). The van der Waals surface area contributed by atoms with Crippen LogP contribution in [0.15, 0.2) is 60.7 Å². The van der Waals surface area contributed by atoms with Crippen LogP contribution in [0.1, 0.15) is 55.6 Å². The number of hydrogen-bond acceptors (Lipinski definition) is 30. The molecule has 0 spiro atoms. The predicted octanol–water partition coefficient (Wildman–Crippen LogP) is -32.8. The quantitative estimate of drug-likeness (QED) is 0.0126. The summed E-state index contributed by atoms with van der Waals surface area (Å²) >= 11 is 0. The molecule has 60 heteroatoms. The molecule has 0 saturated carbocycles. The van der Waals surface area contributed by atoms with Gasteiger partial charge in [-0.1, -0.05) is 38.0 Å². The minimum atomic E-state index is -5.45. The van der Waals surface area contributed by atoms with Gasteiger partial charge in [0.2, 0.25) is 0 Å². The molecule has 10 aliphatic carbocycles. The van der Waals surface area contributed by atoms with Gasteiger partial charge in [0.05, 0.1) is 96.9 Å². The third-order valence-corrected chi connectivity index (χ3v) is 21.9. The second kappa shape index (κ2) is 57.8. The van der Waals surface area contributed by atoms with Crippen LogP contribution in [0.5, 0.6) is 57.5 Å². The summed E-state index contributed by atoms with van der Waals surface area (Å²) in [6.45, 7) is -8.95. The van der Waals surface area contributed by atoms with Crippen LogP contribution in [0.4, 0.5) is 0 Å². The SMILES string of the molecule is O=P([O-])([O-])CCOc1cc2c(OCCP(=O)([O-])[O-])cc1Cc1cc(OCCP(=O)([O-])[O-])c(cc1OCCP(=O)([O-])[O-])Cc1cc(OCCP(=O)(O)O)c(cc1OCCP(=O)(O)O)Cc1cc(OCCP(=O)(O)O)c(cc1OCCP(=O)(O)O)Cc1cc(OCCP(=O)([O-])[O-])c(cc1OCCP(=O)(O)O)C2.[Na+].[Na+].[Na+].[Na+].[Na+].[Na+].[Na+].[Na+].[Na+].[Na+]. The molecule has 590 valence electrons. The number of rotatable bonds is 40. The summed E-state index contributed by atoms with van der Waals surface area (Å²) in [7, 11) is -51.9. The van der Waals surface area contributed by atoms with E-state index in [9.17, 15) is 144 Å². The van der Waals surface area contributed by atoms with Crippen LogP contribution >= 0.6 is 76.0 Å². The molecular formula is C55H70Na10O40P10. The molecule has 40 nitrogen and oxygen atoms in total. The van der Waals surface area contributed by atoms with Gasteiger partial charge in [0.25, 0.3) is 0 Å². The van der Waals surface area contributed by atoms with Crippen molar-refractivity contribution in [2.45, 2.75) is 32.1 Å². The van der Waals surface area contributed by atoms with E-state index in [1.54, 1.807) is 0 Å². The normalized spacial score (nSPS) is 12.5. The van der Waals surface area contributed by atoms with Gasteiger partial charge in [-0.25, -0.2) is 0 Å². The molecule has 5 aromatic rings. The van der Waals surface area contributed by atoms with Gasteiger partial charge in [-0.3, -0.25) is 22.8 Å². The van der Waals surface area contributed by atoms with Crippen molar-refractivity contribution in [1.29, 1.82) is 0 Å². The van der Waals surface area contributed by atoms with Crippen LogP contribution in [-0.2, 0) is 77.8 Å². The summed E-state index contributed by atoms with van der Waals surface area (Å²) in [6, 6.07) is 11.2. The zero-order valence-electron chi connectivity index (χ0n) is 64.6. The molecule has 0 saturated heterocycles. The molecule has 0 amide bonds. The zero-order chi connectivity index (χ0) is 78.4. The van der Waals surface area contributed by atoms with E-state index in [2.05, 4.69) is 0 Å². The Hall–Kier alpha value is 5.60. The van der Waals surface area contributed by atoms with E-state index >= 15 is 0 Å². The first-order chi connectivity index (χ1) is 48.2. The van der Waals surface area contributed by atoms with Crippen molar-refractivity contribution in [3.05, 3.63) is 116 Å². The third kappa shape index (κ3) is 53.6. The molecule has 0 aliphatic heterocycles. The molecule has 0 atom stereocenters. The van der Waals surface area contributed by atoms with E-state index < -0.39 is 264 Å². The monoisotopic (exact) mass is 1910 g/mol. The fourth-order valence-corrected chi connectivity index (χ4v) is 12.9. The molecule has 10 N–H and O–H groups in total. The average molecular weight is 1910 g/mol. The number of benzene rings is 5. The second-order valence-electron chi connectivity index (χ2n) is 23.3. The fraction of sp³-hybridized carbons (Fsp3) is 0.455. The standard InChI is InChI=1S/C55H80O40P10.10Na/c56-96(57,58)11-1-86-46-26-37-22-39-29-51(91-6-16-101(71,72)73)41(31-50(39)90-5-15-100(68,69)70)24-43-33-55(95-10-20-105(83,84)85)45(35-54(43)94-9-19-104(80,81)82)25-44-34-52(92-7-17-102(74,75)76)42(32-53(44)93-8-18-103(77,78)79)23-40-30-48(88-3-13-98(62,63)64)38(28-49(40)89-4-14-99(65,66)67)21-36(46)27-47(37)87-2-12-97(59,60)61;;;;;;;;;;/h26-35H,1-25H2,(H2,56,57,58)(H2,59,60,61)(H2,62,63,64)(H2,65,66,67)(H2,68,69,70)(H2,71,72,73)(H2,74,75,76)(H2,77,78,79)(H2,80,81,82)(H2,83,84,85);;;;;;;;;;/q;10*+1/p-10. The Morgan fingerprint density at radius 1 is 0.191 bits per heavy atom. The molecule has 10 aliphatic rings. The van der Waals surface area contributed by atoms with Crippen LogP contribution in [-0.4, -0.2) is 177 Å². The maximum Gasteiger partial charge on any atom is 1.00 e. The molecule has 0 heterocycles. The number of ether oxygens (including phenoxy) is 10. The summed E-state index contributed by atoms with van der Waals surface area (Å²) in [5.41, 5.74) is -1.63. The Bertz CT molecular complexity index is 3500. The minimum Gasteiger partial charge on any atom is -0.811 e. The van der Waals surface area contributed by atoms with Gasteiger partial charge in [-0.2, -0.15) is 0 Å². The van der Waals surface area contributed by atoms with E-state index in [0.29, 0.717) is 0 Å². The summed E-state index contributed by atoms with van der Waals surface area (Å²) in [6.07, 6.45) is -14.2. The van der Waals surface area contributed by atoms with Crippen molar-refractivity contribution in [2.24, 2.45) is 0 Å². The summed E-state index contributed by atoms with van der Waals surface area (Å²) in [4.78, 5) is 221. The van der Waals surface area contributed by atoms with Crippen molar-refractivity contribution >= 4 is 76.0 Å². The van der Waals surface area contributed by atoms with Gasteiger partial charge in [0.1, 0.15) is 57.5 Å². The van der Waals surface area contributed by atoms with Crippen molar-refractivity contribution < 1.29 is 486 Å². The molecule has 0 radical (unpaired) electrons. The predicted molar refractivity (Wildman–Crippen MR) is 348 cm³/mol. The van der Waals surface area contributed by atoms with Crippen LogP contribution in [0.2, 0.25) is 0 Å². The second-order valence-corrected chi connectivity index (χ2v) is 40.5. The summed E-state index contributed by atoms with van der Waals surface area (Å²) in [5, 5.41) is 0. The Labute approximate surface area is 882 Å². The average Bonchev–Trinajstić information content (AvgIpc) is 1.33.